The topological polar surface area (TPSA) is 38.5 Å². The molecule has 1 aliphatic heterocycles. The maximum Gasteiger partial charge on any atom is 0.125 e. The third-order valence-electron chi connectivity index (χ3n) is 3.82. The molecule has 1 aliphatic rings. The monoisotopic (exact) mass is 326 g/mol. The molecule has 2 N–H and O–H groups in total. The number of piperidine rings is 1. The molecule has 2 rings (SSSR count). The summed E-state index contributed by atoms with van der Waals surface area (Å²) >= 11 is 3.49. The van der Waals surface area contributed by atoms with E-state index in [-0.39, 0.29) is 6.04 Å². The van der Waals surface area contributed by atoms with Crippen LogP contribution in [0.2, 0.25) is 0 Å². The second-order valence-corrected chi connectivity index (χ2v) is 6.33. The Kier molecular flexibility index (Phi) is 5.25. The number of nitrogens with two attached hydrogens (primary N) is 1. The molecule has 2 unspecified atom stereocenters. The Bertz CT molecular complexity index is 423. The Morgan fingerprint density at radius 3 is 2.95 bits per heavy atom. The first-order valence-electron chi connectivity index (χ1n) is 6.96. The average Bonchev–Trinajstić information content (AvgIpc) is 2.37. The molecule has 1 saturated heterocycles. The lowest BCUT2D eigenvalue weighted by Gasteiger charge is -2.32. The van der Waals surface area contributed by atoms with E-state index >= 15 is 0 Å². The second-order valence-electron chi connectivity index (χ2n) is 5.41. The van der Waals surface area contributed by atoms with Gasteiger partial charge in [0.1, 0.15) is 12.4 Å². The van der Waals surface area contributed by atoms with Crippen molar-refractivity contribution >= 4 is 15.9 Å². The fourth-order valence-electron chi connectivity index (χ4n) is 2.55. The van der Waals surface area contributed by atoms with Gasteiger partial charge in [0.15, 0.2) is 0 Å². The largest absolute Gasteiger partial charge is 0.492 e. The number of likely N-dealkylation sites (tertiary alicyclic amines) is 1. The molecule has 0 aromatic heterocycles. The molecular weight excluding hydrogens is 304 g/mol. The quantitative estimate of drug-likeness (QED) is 0.922. The van der Waals surface area contributed by atoms with Crippen LogP contribution in [0.15, 0.2) is 22.7 Å². The first-order valence-corrected chi connectivity index (χ1v) is 7.75. The average molecular weight is 327 g/mol. The van der Waals surface area contributed by atoms with Crippen molar-refractivity contribution in [2.75, 3.05) is 20.2 Å². The molecule has 3 nitrogen and oxygen atoms in total. The number of likely N-dealkylation sites (N-methyl/N-ethyl adjacent to an activating group) is 1. The van der Waals surface area contributed by atoms with Crippen LogP contribution in [0.5, 0.6) is 5.75 Å². The predicted molar refractivity (Wildman–Crippen MR) is 82.5 cm³/mol. The zero-order valence-electron chi connectivity index (χ0n) is 11.7. The van der Waals surface area contributed by atoms with E-state index in [0.29, 0.717) is 6.04 Å². The molecule has 1 heterocycles. The van der Waals surface area contributed by atoms with E-state index in [0.717, 1.165) is 22.4 Å². The summed E-state index contributed by atoms with van der Waals surface area (Å²) in [6, 6.07) is 6.58. The van der Waals surface area contributed by atoms with E-state index in [1.54, 1.807) is 0 Å². The van der Waals surface area contributed by atoms with Gasteiger partial charge in [0.25, 0.3) is 0 Å². The Morgan fingerprint density at radius 2 is 2.26 bits per heavy atom. The molecule has 0 saturated carbocycles. The van der Waals surface area contributed by atoms with Crippen molar-refractivity contribution in [3.63, 3.8) is 0 Å². The molecule has 0 radical (unpaired) electrons. The fourth-order valence-corrected chi connectivity index (χ4v) is 2.89. The summed E-state index contributed by atoms with van der Waals surface area (Å²) in [5, 5.41) is 0. The molecule has 1 aromatic carbocycles. The van der Waals surface area contributed by atoms with E-state index in [1.165, 1.54) is 25.8 Å². The third kappa shape index (κ3) is 3.94. The van der Waals surface area contributed by atoms with Crippen molar-refractivity contribution in [3.8, 4) is 5.75 Å². The van der Waals surface area contributed by atoms with Gasteiger partial charge >= 0.3 is 0 Å². The highest BCUT2D eigenvalue weighted by Crippen LogP contribution is 2.28. The van der Waals surface area contributed by atoms with E-state index in [1.807, 2.05) is 25.1 Å². The lowest BCUT2D eigenvalue weighted by atomic mass is 10.0. The van der Waals surface area contributed by atoms with Gasteiger partial charge < -0.3 is 15.4 Å². The van der Waals surface area contributed by atoms with Crippen LogP contribution in [0, 0.1) is 0 Å². The number of halogens is 1. The summed E-state index contributed by atoms with van der Waals surface area (Å²) in [5.41, 5.74) is 7.07. The summed E-state index contributed by atoms with van der Waals surface area (Å²) in [6.45, 7) is 3.90. The summed E-state index contributed by atoms with van der Waals surface area (Å²) in [5.74, 6) is 0.906. The van der Waals surface area contributed by atoms with Crippen LogP contribution in [0.1, 0.15) is 37.8 Å². The number of benzene rings is 1. The van der Waals surface area contributed by atoms with Crippen molar-refractivity contribution in [1.29, 1.82) is 0 Å². The summed E-state index contributed by atoms with van der Waals surface area (Å²) in [7, 11) is 2.18. The standard InChI is InChI=1S/C15H23BrN2O/c1-11(17)14-7-6-12(16)9-15(14)19-10-13-5-3-4-8-18(13)2/h6-7,9,11,13H,3-5,8,10,17H2,1-2H3. The van der Waals surface area contributed by atoms with E-state index in [2.05, 4.69) is 27.9 Å². The molecule has 4 heteroatoms. The zero-order valence-corrected chi connectivity index (χ0v) is 13.3. The molecule has 106 valence electrons. The molecule has 19 heavy (non-hydrogen) atoms. The van der Waals surface area contributed by atoms with Crippen molar-refractivity contribution in [2.24, 2.45) is 5.73 Å². The SMILES string of the molecule is CC(N)c1ccc(Br)cc1OCC1CCCCN1C. The molecule has 2 atom stereocenters. The Hall–Kier alpha value is -0.580. The Morgan fingerprint density at radius 1 is 1.47 bits per heavy atom. The number of hydrogen-bond donors (Lipinski definition) is 1. The van der Waals surface area contributed by atoms with Crippen molar-refractivity contribution < 1.29 is 4.74 Å². The van der Waals surface area contributed by atoms with Crippen LogP contribution in [0.4, 0.5) is 0 Å². The van der Waals surface area contributed by atoms with E-state index in [9.17, 15) is 0 Å². The summed E-state index contributed by atoms with van der Waals surface area (Å²) in [4.78, 5) is 2.40. The number of nitrogens with zero attached hydrogens (tertiary/aromatic N) is 1. The minimum atomic E-state index is -0.00724. The van der Waals surface area contributed by atoms with E-state index in [4.69, 9.17) is 10.5 Å². The minimum Gasteiger partial charge on any atom is -0.492 e. The Labute approximate surface area is 124 Å². The van der Waals surface area contributed by atoms with Crippen LogP contribution < -0.4 is 10.5 Å². The zero-order chi connectivity index (χ0) is 13.8. The van der Waals surface area contributed by atoms with Gasteiger partial charge in [0, 0.05) is 22.1 Å². The van der Waals surface area contributed by atoms with Gasteiger partial charge in [-0.2, -0.15) is 0 Å². The molecule has 0 bridgehead atoms. The van der Waals surface area contributed by atoms with Crippen molar-refractivity contribution in [1.82, 2.24) is 4.90 Å². The highest BCUT2D eigenvalue weighted by atomic mass is 79.9. The minimum absolute atomic E-state index is 0.00724. The predicted octanol–water partition coefficient (Wildman–Crippen LogP) is 3.33. The molecule has 1 aromatic rings. The summed E-state index contributed by atoms with van der Waals surface area (Å²) in [6.07, 6.45) is 3.82. The molecule has 0 aliphatic carbocycles. The highest BCUT2D eigenvalue weighted by molar-refractivity contribution is 9.10. The molecule has 0 spiro atoms. The van der Waals surface area contributed by atoms with Crippen LogP contribution in [0.25, 0.3) is 0 Å². The second kappa shape index (κ2) is 6.73. The lowest BCUT2D eigenvalue weighted by Crippen LogP contribution is -2.40. The number of rotatable bonds is 4. The van der Waals surface area contributed by atoms with Crippen LogP contribution >= 0.6 is 15.9 Å². The van der Waals surface area contributed by atoms with Crippen molar-refractivity contribution in [3.05, 3.63) is 28.2 Å². The highest BCUT2D eigenvalue weighted by Gasteiger charge is 2.20. The van der Waals surface area contributed by atoms with Gasteiger partial charge in [0.2, 0.25) is 0 Å². The third-order valence-corrected chi connectivity index (χ3v) is 4.31. The molecule has 0 amide bonds. The van der Waals surface area contributed by atoms with Crippen molar-refractivity contribution in [2.45, 2.75) is 38.3 Å². The van der Waals surface area contributed by atoms with E-state index < -0.39 is 0 Å². The smallest absolute Gasteiger partial charge is 0.125 e. The van der Waals surface area contributed by atoms with Gasteiger partial charge in [-0.05, 0) is 45.5 Å². The maximum absolute atomic E-state index is 6.04. The van der Waals surface area contributed by atoms with Gasteiger partial charge in [0.05, 0.1) is 0 Å². The van der Waals surface area contributed by atoms with Crippen LogP contribution in [-0.4, -0.2) is 31.1 Å². The molecule has 1 fully saturated rings. The first kappa shape index (κ1) is 14.8. The Balaban J connectivity index is 2.03. The first-order chi connectivity index (χ1) is 9.08. The normalized spacial score (nSPS) is 22.2. The number of hydrogen-bond acceptors (Lipinski definition) is 3. The number of ether oxygens (including phenoxy) is 1. The van der Waals surface area contributed by atoms with Crippen LogP contribution in [-0.2, 0) is 0 Å². The maximum atomic E-state index is 6.04. The van der Waals surface area contributed by atoms with Gasteiger partial charge in [-0.1, -0.05) is 28.4 Å². The van der Waals surface area contributed by atoms with Crippen LogP contribution in [0.3, 0.4) is 0 Å². The van der Waals surface area contributed by atoms with Gasteiger partial charge in [-0.25, -0.2) is 0 Å². The van der Waals surface area contributed by atoms with Gasteiger partial charge in [-0.15, -0.1) is 0 Å². The summed E-state index contributed by atoms with van der Waals surface area (Å²) < 4.78 is 7.07. The fraction of sp³-hybridized carbons (Fsp3) is 0.600. The lowest BCUT2D eigenvalue weighted by molar-refractivity contribution is 0.124. The molecular formula is C15H23BrN2O. The van der Waals surface area contributed by atoms with Gasteiger partial charge in [-0.3, -0.25) is 0 Å².